The van der Waals surface area contributed by atoms with Gasteiger partial charge in [-0.05, 0) is 24.1 Å². The van der Waals surface area contributed by atoms with Crippen molar-refractivity contribution in [3.8, 4) is 0 Å². The first-order valence-corrected chi connectivity index (χ1v) is 9.10. The number of nitrogens with zero attached hydrogens (tertiary/aromatic N) is 3. The Balaban J connectivity index is 1.44. The fourth-order valence-corrected chi connectivity index (χ4v) is 3.94. The van der Waals surface area contributed by atoms with Gasteiger partial charge >= 0.3 is 0 Å². The Morgan fingerprint density at radius 3 is 2.89 bits per heavy atom. The molecule has 2 fully saturated rings. The smallest absolute Gasteiger partial charge is 0.249 e. The lowest BCUT2D eigenvalue weighted by Gasteiger charge is -2.20. The molecule has 0 bridgehead atoms. The van der Waals surface area contributed by atoms with Gasteiger partial charge in [0.15, 0.2) is 0 Å². The number of para-hydroxylation sites is 1. The number of nitrogens with one attached hydrogen (secondary N) is 2. The Bertz CT molecular complexity index is 867. The van der Waals surface area contributed by atoms with Crippen LogP contribution in [-0.2, 0) is 16.6 Å². The predicted octanol–water partition coefficient (Wildman–Crippen LogP) is 0.784. The van der Waals surface area contributed by atoms with Crippen LogP contribution in [0.25, 0.3) is 0 Å². The summed E-state index contributed by atoms with van der Waals surface area (Å²) in [5, 5.41) is 10.3. The zero-order valence-electron chi connectivity index (χ0n) is 15.1. The van der Waals surface area contributed by atoms with Crippen LogP contribution in [0.5, 0.6) is 0 Å². The van der Waals surface area contributed by atoms with Gasteiger partial charge in [0.25, 0.3) is 0 Å². The highest BCUT2D eigenvalue weighted by atomic mass is 19.1. The van der Waals surface area contributed by atoms with Crippen LogP contribution in [0.1, 0.15) is 17.9 Å². The lowest BCUT2D eigenvalue weighted by atomic mass is 9.90. The minimum atomic E-state index is -0.618. The van der Waals surface area contributed by atoms with Crippen molar-refractivity contribution >= 4 is 17.5 Å². The molecule has 0 radical (unpaired) electrons. The molecule has 7 nitrogen and oxygen atoms in total. The monoisotopic (exact) mass is 371 g/mol. The molecule has 1 aromatic heterocycles. The van der Waals surface area contributed by atoms with Gasteiger partial charge in [-0.15, -0.1) is 0 Å². The van der Waals surface area contributed by atoms with Gasteiger partial charge in [-0.2, -0.15) is 5.10 Å². The van der Waals surface area contributed by atoms with Gasteiger partial charge in [0, 0.05) is 38.8 Å². The average molecular weight is 371 g/mol. The first kappa shape index (κ1) is 17.7. The molecule has 2 aliphatic rings. The summed E-state index contributed by atoms with van der Waals surface area (Å²) in [6.07, 6.45) is 4.16. The number of carbonyl (C=O) groups is 2. The molecular weight excluding hydrogens is 349 g/mol. The molecule has 0 spiro atoms. The van der Waals surface area contributed by atoms with E-state index in [0.717, 1.165) is 5.56 Å². The quantitative estimate of drug-likeness (QED) is 0.833. The van der Waals surface area contributed by atoms with Crippen molar-refractivity contribution in [3.63, 3.8) is 0 Å². The number of hydrogen-bond acceptors (Lipinski definition) is 4. The fraction of sp³-hybridized carbons (Fsp3) is 0.421. The van der Waals surface area contributed by atoms with E-state index in [1.54, 1.807) is 29.1 Å². The van der Waals surface area contributed by atoms with Crippen molar-refractivity contribution < 1.29 is 14.0 Å². The van der Waals surface area contributed by atoms with E-state index in [4.69, 9.17) is 0 Å². The van der Waals surface area contributed by atoms with Crippen molar-refractivity contribution in [2.75, 3.05) is 24.5 Å². The van der Waals surface area contributed by atoms with Crippen molar-refractivity contribution in [2.45, 2.75) is 18.4 Å². The number of carbonyl (C=O) groups excluding carboxylic acids is 2. The van der Waals surface area contributed by atoms with Crippen LogP contribution >= 0.6 is 0 Å². The molecule has 3 atom stereocenters. The molecule has 2 saturated heterocycles. The molecule has 142 valence electrons. The van der Waals surface area contributed by atoms with Crippen molar-refractivity contribution in [1.29, 1.82) is 0 Å². The van der Waals surface area contributed by atoms with Crippen LogP contribution in [0.15, 0.2) is 36.7 Å². The predicted molar refractivity (Wildman–Crippen MR) is 97.6 cm³/mol. The van der Waals surface area contributed by atoms with Crippen LogP contribution in [0.2, 0.25) is 0 Å². The Hall–Kier alpha value is -2.74. The maximum Gasteiger partial charge on any atom is 0.249 e. The summed E-state index contributed by atoms with van der Waals surface area (Å²) < 4.78 is 15.7. The van der Waals surface area contributed by atoms with Gasteiger partial charge in [0.2, 0.25) is 11.8 Å². The molecular formula is C19H22FN5O2. The summed E-state index contributed by atoms with van der Waals surface area (Å²) >= 11 is 0. The van der Waals surface area contributed by atoms with Gasteiger partial charge in [0.05, 0.1) is 17.8 Å². The summed E-state index contributed by atoms with van der Waals surface area (Å²) in [5.41, 5.74) is 1.27. The number of amides is 2. The van der Waals surface area contributed by atoms with Crippen molar-refractivity contribution in [3.05, 3.63) is 48.0 Å². The molecule has 27 heavy (non-hydrogen) atoms. The second-order valence-electron chi connectivity index (χ2n) is 7.11. The number of rotatable bonds is 4. The molecule has 1 unspecified atom stereocenters. The lowest BCUT2D eigenvalue weighted by molar-refractivity contribution is -0.129. The summed E-state index contributed by atoms with van der Waals surface area (Å²) in [7, 11) is 1.84. The largest absolute Gasteiger partial charge is 0.344 e. The third kappa shape index (κ3) is 3.32. The molecule has 2 aromatic rings. The van der Waals surface area contributed by atoms with Crippen LogP contribution < -0.4 is 15.5 Å². The van der Waals surface area contributed by atoms with E-state index >= 15 is 0 Å². The van der Waals surface area contributed by atoms with Gasteiger partial charge < -0.3 is 15.5 Å². The summed E-state index contributed by atoms with van der Waals surface area (Å²) in [5.74, 6) is -1.09. The number of halogens is 1. The maximum absolute atomic E-state index is 14.0. The van der Waals surface area contributed by atoms with Crippen molar-refractivity contribution in [2.24, 2.45) is 13.0 Å². The second kappa shape index (κ2) is 7.11. The molecule has 2 N–H and O–H groups in total. The van der Waals surface area contributed by atoms with E-state index < -0.39 is 11.9 Å². The van der Waals surface area contributed by atoms with Crippen molar-refractivity contribution in [1.82, 2.24) is 20.4 Å². The highest BCUT2D eigenvalue weighted by Gasteiger charge is 2.39. The first-order chi connectivity index (χ1) is 13.0. The number of aromatic nitrogens is 2. The number of hydrogen-bond donors (Lipinski definition) is 2. The van der Waals surface area contributed by atoms with E-state index in [1.807, 2.05) is 13.2 Å². The number of aryl methyl sites for hydroxylation is 1. The molecule has 3 heterocycles. The zero-order chi connectivity index (χ0) is 19.0. The first-order valence-electron chi connectivity index (χ1n) is 9.10. The molecule has 2 amide bonds. The zero-order valence-corrected chi connectivity index (χ0v) is 15.1. The van der Waals surface area contributed by atoms with Crippen LogP contribution in [0, 0.1) is 11.7 Å². The van der Waals surface area contributed by atoms with Gasteiger partial charge in [-0.1, -0.05) is 12.1 Å². The number of benzene rings is 1. The SMILES string of the molecule is Cn1cc([C@H]2CNC[C@@H]2C(=O)NC2CCN(c3ccccc3F)C2=O)cn1. The second-order valence-corrected chi connectivity index (χ2v) is 7.11. The summed E-state index contributed by atoms with van der Waals surface area (Å²) in [6.45, 7) is 1.65. The van der Waals surface area contributed by atoms with E-state index in [1.165, 1.54) is 11.0 Å². The Morgan fingerprint density at radius 1 is 1.33 bits per heavy atom. The minimum Gasteiger partial charge on any atom is -0.344 e. The van der Waals surface area contributed by atoms with Gasteiger partial charge in [-0.3, -0.25) is 14.3 Å². The molecule has 0 saturated carbocycles. The third-order valence-corrected chi connectivity index (χ3v) is 5.37. The molecule has 8 heteroatoms. The highest BCUT2D eigenvalue weighted by Crippen LogP contribution is 2.29. The third-order valence-electron chi connectivity index (χ3n) is 5.37. The normalized spacial score (nSPS) is 25.2. The Labute approximate surface area is 156 Å². The maximum atomic E-state index is 14.0. The van der Waals surface area contributed by atoms with Crippen LogP contribution in [-0.4, -0.2) is 47.3 Å². The minimum absolute atomic E-state index is 0.0258. The van der Waals surface area contributed by atoms with E-state index in [-0.39, 0.29) is 29.3 Å². The van der Waals surface area contributed by atoms with Gasteiger partial charge in [0.1, 0.15) is 11.9 Å². The molecule has 1 aromatic carbocycles. The average Bonchev–Trinajstić information content (AvgIpc) is 3.37. The van der Waals surface area contributed by atoms with Crippen LogP contribution in [0.3, 0.4) is 0 Å². The Morgan fingerprint density at radius 2 is 2.15 bits per heavy atom. The standard InChI is InChI=1S/C19H22FN5O2/c1-24-11-12(8-22-24)13-9-21-10-14(13)18(26)23-16-6-7-25(19(16)27)17-5-3-2-4-15(17)20/h2-5,8,11,13-14,16,21H,6-7,9-10H2,1H3,(H,23,26)/t13-,14+,16?/m1/s1. The summed E-state index contributed by atoms with van der Waals surface area (Å²) in [6, 6.07) is 5.57. The topological polar surface area (TPSA) is 79.3 Å². The van der Waals surface area contributed by atoms with E-state index in [9.17, 15) is 14.0 Å². The van der Waals surface area contributed by atoms with Crippen LogP contribution in [0.4, 0.5) is 10.1 Å². The van der Waals surface area contributed by atoms with E-state index in [0.29, 0.717) is 26.1 Å². The summed E-state index contributed by atoms with van der Waals surface area (Å²) in [4.78, 5) is 26.9. The lowest BCUT2D eigenvalue weighted by Crippen LogP contribution is -2.45. The van der Waals surface area contributed by atoms with E-state index in [2.05, 4.69) is 15.7 Å². The fourth-order valence-electron chi connectivity index (χ4n) is 3.94. The Kier molecular flexibility index (Phi) is 4.65. The molecule has 4 rings (SSSR count). The number of anilines is 1. The van der Waals surface area contributed by atoms with Gasteiger partial charge in [-0.25, -0.2) is 4.39 Å². The molecule has 0 aliphatic carbocycles. The highest BCUT2D eigenvalue weighted by molar-refractivity contribution is 6.01. The molecule has 2 aliphatic heterocycles.